The van der Waals surface area contributed by atoms with Gasteiger partial charge in [0.2, 0.25) is 5.95 Å². The molecule has 23 heavy (non-hydrogen) atoms. The Kier molecular flexibility index (Phi) is 4.83. The lowest BCUT2D eigenvalue weighted by atomic mass is 10.2. The third-order valence-electron chi connectivity index (χ3n) is 2.79. The van der Waals surface area contributed by atoms with Crippen molar-refractivity contribution < 1.29 is 18.0 Å². The fraction of sp³-hybridized carbons (Fsp3) is 0.267. The van der Waals surface area contributed by atoms with Crippen LogP contribution in [0.25, 0.3) is 0 Å². The number of hydrogen-bond acceptors (Lipinski definition) is 4. The molecule has 0 unspecified atom stereocenters. The van der Waals surface area contributed by atoms with E-state index in [1.807, 2.05) is 0 Å². The molecule has 5 nitrogen and oxygen atoms in total. The SMILES string of the molecule is Cc1cc(C(=O)NC(C)C)nc(Nc2ccc(F)c(F)c2F)n1. The number of aromatic nitrogens is 2. The summed E-state index contributed by atoms with van der Waals surface area (Å²) in [5.74, 6) is -4.79. The zero-order valence-electron chi connectivity index (χ0n) is 12.7. The van der Waals surface area contributed by atoms with Gasteiger partial charge in [-0.15, -0.1) is 0 Å². The molecule has 122 valence electrons. The van der Waals surface area contributed by atoms with E-state index in [1.54, 1.807) is 20.8 Å². The number of benzene rings is 1. The maximum absolute atomic E-state index is 13.7. The number of rotatable bonds is 4. The van der Waals surface area contributed by atoms with Crippen LogP contribution in [-0.2, 0) is 0 Å². The maximum atomic E-state index is 13.7. The molecule has 0 spiro atoms. The van der Waals surface area contributed by atoms with Gasteiger partial charge in [0, 0.05) is 11.7 Å². The highest BCUT2D eigenvalue weighted by atomic mass is 19.2. The molecule has 2 N–H and O–H groups in total. The van der Waals surface area contributed by atoms with Gasteiger partial charge in [0.15, 0.2) is 17.5 Å². The smallest absolute Gasteiger partial charge is 0.270 e. The molecule has 0 aliphatic carbocycles. The Morgan fingerprint density at radius 3 is 2.48 bits per heavy atom. The number of aryl methyl sites for hydroxylation is 1. The van der Waals surface area contributed by atoms with Crippen LogP contribution in [0.2, 0.25) is 0 Å². The van der Waals surface area contributed by atoms with E-state index in [0.29, 0.717) is 5.69 Å². The number of nitrogens with one attached hydrogen (secondary N) is 2. The summed E-state index contributed by atoms with van der Waals surface area (Å²) in [6, 6.07) is 3.18. The largest absolute Gasteiger partial charge is 0.349 e. The van der Waals surface area contributed by atoms with Gasteiger partial charge in [0.25, 0.3) is 5.91 Å². The van der Waals surface area contributed by atoms with Crippen molar-refractivity contribution in [2.45, 2.75) is 26.8 Å². The van der Waals surface area contributed by atoms with Crippen molar-refractivity contribution in [2.24, 2.45) is 0 Å². The molecular formula is C15H15F3N4O. The summed E-state index contributed by atoms with van der Waals surface area (Å²) in [5, 5.41) is 5.11. The molecule has 1 aromatic carbocycles. The van der Waals surface area contributed by atoms with Crippen LogP contribution in [0.3, 0.4) is 0 Å². The standard InChI is InChI=1S/C15H15F3N4O/c1-7(2)19-14(23)11-6-8(3)20-15(22-11)21-10-5-4-9(16)12(17)13(10)18/h4-7H,1-3H3,(H,19,23)(H,20,21,22). The van der Waals surface area contributed by atoms with Gasteiger partial charge in [-0.2, -0.15) is 0 Å². The van der Waals surface area contributed by atoms with Gasteiger partial charge in [0.05, 0.1) is 5.69 Å². The fourth-order valence-corrected chi connectivity index (χ4v) is 1.82. The van der Waals surface area contributed by atoms with Gasteiger partial charge < -0.3 is 10.6 Å². The summed E-state index contributed by atoms with van der Waals surface area (Å²) < 4.78 is 39.8. The summed E-state index contributed by atoms with van der Waals surface area (Å²) >= 11 is 0. The first kappa shape index (κ1) is 16.7. The molecular weight excluding hydrogens is 309 g/mol. The first-order valence-corrected chi connectivity index (χ1v) is 6.85. The number of halogens is 3. The molecule has 8 heteroatoms. The third kappa shape index (κ3) is 3.97. The van der Waals surface area contributed by atoms with Crippen LogP contribution < -0.4 is 10.6 Å². The van der Waals surface area contributed by atoms with Crippen LogP contribution in [0.15, 0.2) is 18.2 Å². The number of carbonyl (C=O) groups is 1. The molecule has 0 radical (unpaired) electrons. The van der Waals surface area contributed by atoms with E-state index < -0.39 is 23.4 Å². The van der Waals surface area contributed by atoms with Gasteiger partial charge in [-0.05, 0) is 39.0 Å². The highest BCUT2D eigenvalue weighted by molar-refractivity contribution is 5.92. The zero-order valence-corrected chi connectivity index (χ0v) is 12.7. The average molecular weight is 324 g/mol. The Bertz CT molecular complexity index is 750. The van der Waals surface area contributed by atoms with Crippen molar-refractivity contribution in [3.05, 3.63) is 47.0 Å². The number of nitrogens with zero attached hydrogens (tertiary/aromatic N) is 2. The second kappa shape index (κ2) is 6.64. The van der Waals surface area contributed by atoms with Gasteiger partial charge in [0.1, 0.15) is 5.69 Å². The first-order chi connectivity index (χ1) is 10.8. The van der Waals surface area contributed by atoms with E-state index in [2.05, 4.69) is 20.6 Å². The summed E-state index contributed by atoms with van der Waals surface area (Å²) in [6.45, 7) is 5.21. The Hall–Kier alpha value is -2.64. The third-order valence-corrected chi connectivity index (χ3v) is 2.79. The van der Waals surface area contributed by atoms with Gasteiger partial charge in [-0.1, -0.05) is 0 Å². The van der Waals surface area contributed by atoms with Crippen LogP contribution in [0.5, 0.6) is 0 Å². The molecule has 0 aliphatic rings. The fourth-order valence-electron chi connectivity index (χ4n) is 1.82. The molecule has 1 aromatic heterocycles. The summed E-state index contributed by atoms with van der Waals surface area (Å²) in [4.78, 5) is 19.9. The van der Waals surface area contributed by atoms with Gasteiger partial charge >= 0.3 is 0 Å². The lowest BCUT2D eigenvalue weighted by molar-refractivity contribution is 0.0938. The van der Waals surface area contributed by atoms with Gasteiger partial charge in [-0.25, -0.2) is 23.1 Å². The van der Waals surface area contributed by atoms with Crippen LogP contribution in [0, 0.1) is 24.4 Å². The Balaban J connectivity index is 2.32. The summed E-state index contributed by atoms with van der Waals surface area (Å²) in [6.07, 6.45) is 0. The van der Waals surface area contributed by atoms with E-state index in [0.717, 1.165) is 12.1 Å². The van der Waals surface area contributed by atoms with Crippen LogP contribution in [0.4, 0.5) is 24.8 Å². The minimum absolute atomic E-state index is 0.0803. The van der Waals surface area contributed by atoms with Crippen molar-refractivity contribution in [2.75, 3.05) is 5.32 Å². The molecule has 0 aliphatic heterocycles. The van der Waals surface area contributed by atoms with Crippen molar-refractivity contribution in [3.63, 3.8) is 0 Å². The first-order valence-electron chi connectivity index (χ1n) is 6.85. The minimum Gasteiger partial charge on any atom is -0.349 e. The van der Waals surface area contributed by atoms with E-state index in [9.17, 15) is 18.0 Å². The quantitative estimate of drug-likeness (QED) is 0.848. The predicted molar refractivity (Wildman–Crippen MR) is 79.0 cm³/mol. The second-order valence-corrected chi connectivity index (χ2v) is 5.19. The minimum atomic E-state index is -1.60. The Morgan fingerprint density at radius 2 is 1.83 bits per heavy atom. The molecule has 2 rings (SSSR count). The summed E-state index contributed by atoms with van der Waals surface area (Å²) in [5.41, 5.74) is 0.209. The molecule has 0 saturated heterocycles. The van der Waals surface area contributed by atoms with Gasteiger partial charge in [-0.3, -0.25) is 4.79 Å². The zero-order chi connectivity index (χ0) is 17.1. The van der Waals surface area contributed by atoms with Crippen LogP contribution >= 0.6 is 0 Å². The van der Waals surface area contributed by atoms with Crippen molar-refractivity contribution in [1.29, 1.82) is 0 Å². The lowest BCUT2D eigenvalue weighted by Crippen LogP contribution is -2.31. The average Bonchev–Trinajstić information content (AvgIpc) is 2.46. The van der Waals surface area contributed by atoms with E-state index in [1.165, 1.54) is 6.07 Å². The summed E-state index contributed by atoms with van der Waals surface area (Å²) in [7, 11) is 0. The second-order valence-electron chi connectivity index (χ2n) is 5.19. The van der Waals surface area contributed by atoms with E-state index >= 15 is 0 Å². The molecule has 1 heterocycles. The lowest BCUT2D eigenvalue weighted by Gasteiger charge is -2.11. The van der Waals surface area contributed by atoms with Crippen molar-refractivity contribution in [3.8, 4) is 0 Å². The molecule has 0 fully saturated rings. The van der Waals surface area contributed by atoms with Crippen molar-refractivity contribution in [1.82, 2.24) is 15.3 Å². The molecule has 0 saturated carbocycles. The maximum Gasteiger partial charge on any atom is 0.270 e. The Labute approximate surface area is 131 Å². The van der Waals surface area contributed by atoms with Crippen molar-refractivity contribution >= 4 is 17.5 Å². The highest BCUT2D eigenvalue weighted by Crippen LogP contribution is 2.22. The molecule has 0 bridgehead atoms. The topological polar surface area (TPSA) is 66.9 Å². The normalized spacial score (nSPS) is 10.7. The van der Waals surface area contributed by atoms with E-state index in [-0.39, 0.29) is 23.4 Å². The van der Waals surface area contributed by atoms with Crippen LogP contribution in [-0.4, -0.2) is 21.9 Å². The number of anilines is 2. The van der Waals surface area contributed by atoms with Crippen LogP contribution in [0.1, 0.15) is 30.0 Å². The monoisotopic (exact) mass is 324 g/mol. The number of amides is 1. The molecule has 2 aromatic rings. The molecule has 0 atom stereocenters. The predicted octanol–water partition coefficient (Wildman–Crippen LogP) is 3.08. The Morgan fingerprint density at radius 1 is 1.13 bits per heavy atom. The number of hydrogen-bond donors (Lipinski definition) is 2. The van der Waals surface area contributed by atoms with E-state index in [4.69, 9.17) is 0 Å². The molecule has 1 amide bonds. The number of carbonyl (C=O) groups excluding carboxylic acids is 1. The highest BCUT2D eigenvalue weighted by Gasteiger charge is 2.16.